The first-order chi connectivity index (χ1) is 35.4. The Morgan fingerprint density at radius 2 is 0.740 bits per heavy atom. The van der Waals surface area contributed by atoms with Crippen LogP contribution in [0.2, 0.25) is 0 Å². The number of hydrogen-bond donors (Lipinski definition) is 0. The zero-order valence-electron chi connectivity index (χ0n) is 46.6. The van der Waals surface area contributed by atoms with E-state index in [0.29, 0.717) is 82.3 Å². The highest BCUT2D eigenvalue weighted by molar-refractivity contribution is 5.71. The van der Waals surface area contributed by atoms with E-state index in [-0.39, 0.29) is 69.2 Å². The first-order valence-corrected chi connectivity index (χ1v) is 29.7. The average Bonchev–Trinajstić information content (AvgIpc) is 3.36. The van der Waals surface area contributed by atoms with Crippen molar-refractivity contribution in [1.82, 2.24) is 4.90 Å². The van der Waals surface area contributed by atoms with Gasteiger partial charge in [0.05, 0.1) is 26.2 Å². The van der Waals surface area contributed by atoms with Gasteiger partial charge in [-0.1, -0.05) is 130 Å². The van der Waals surface area contributed by atoms with E-state index in [1.54, 1.807) is 0 Å². The van der Waals surface area contributed by atoms with Crippen molar-refractivity contribution in [3.05, 3.63) is 0 Å². The summed E-state index contributed by atoms with van der Waals surface area (Å²) in [5.41, 5.74) is -1.46. The SMILES string of the molecule is CCCCCCCCCOC(=O)CCCCCCC(=O)OCC(COC(=O)CCCCCCC(=O)OCCCCCCCCC)(COC(=O)CC12CC3CC(CC(C3)C1)C2)COC(=O)OCCCN(CC)CC. The molecule has 0 N–H and O–H groups in total. The minimum absolute atomic E-state index is 0.0695. The number of hydrogen-bond acceptors (Lipinski definition) is 14. The number of unbranched alkanes of at least 4 members (excludes halogenated alkanes) is 18. The van der Waals surface area contributed by atoms with Crippen LogP contribution < -0.4 is 0 Å². The highest BCUT2D eigenvalue weighted by Crippen LogP contribution is 2.61. The lowest BCUT2D eigenvalue weighted by atomic mass is 9.49. The second-order valence-electron chi connectivity index (χ2n) is 22.4. The van der Waals surface area contributed by atoms with Gasteiger partial charge in [0.25, 0.3) is 0 Å². The van der Waals surface area contributed by atoms with E-state index in [4.69, 9.17) is 33.2 Å². The third-order valence-corrected chi connectivity index (χ3v) is 15.6. The Labute approximate surface area is 441 Å². The van der Waals surface area contributed by atoms with Gasteiger partial charge in [-0.25, -0.2) is 4.79 Å². The second-order valence-corrected chi connectivity index (χ2v) is 22.4. The third-order valence-electron chi connectivity index (χ3n) is 15.6. The molecular weight excluding hydrogens is 931 g/mol. The van der Waals surface area contributed by atoms with E-state index in [9.17, 15) is 28.8 Å². The predicted octanol–water partition coefficient (Wildman–Crippen LogP) is 13.4. The van der Waals surface area contributed by atoms with Gasteiger partial charge in [-0.05, 0) is 120 Å². The van der Waals surface area contributed by atoms with Crippen LogP contribution in [-0.2, 0) is 57.1 Å². The largest absolute Gasteiger partial charge is 0.508 e. The van der Waals surface area contributed by atoms with Crippen molar-refractivity contribution in [2.45, 2.75) is 246 Å². The van der Waals surface area contributed by atoms with Crippen molar-refractivity contribution in [2.75, 3.05) is 65.9 Å². The normalized spacial score (nSPS) is 18.9. The topological polar surface area (TPSA) is 170 Å². The minimum atomic E-state index is -1.40. The van der Waals surface area contributed by atoms with Crippen LogP contribution in [0, 0.1) is 28.6 Å². The summed E-state index contributed by atoms with van der Waals surface area (Å²) in [6, 6.07) is 0. The van der Waals surface area contributed by atoms with Gasteiger partial charge in [0.15, 0.2) is 0 Å². The van der Waals surface area contributed by atoms with Crippen LogP contribution >= 0.6 is 0 Å². The van der Waals surface area contributed by atoms with Crippen LogP contribution in [0.15, 0.2) is 0 Å². The summed E-state index contributed by atoms with van der Waals surface area (Å²) >= 11 is 0. The van der Waals surface area contributed by atoms with Gasteiger partial charge in [-0.3, -0.25) is 24.0 Å². The molecule has 0 spiro atoms. The summed E-state index contributed by atoms with van der Waals surface area (Å²) in [6.45, 7) is 10.8. The molecule has 4 bridgehead atoms. The summed E-state index contributed by atoms with van der Waals surface area (Å²) in [5.74, 6) is 0.285. The van der Waals surface area contributed by atoms with Gasteiger partial charge in [-0.2, -0.15) is 0 Å². The molecule has 14 nitrogen and oxygen atoms in total. The van der Waals surface area contributed by atoms with Crippen LogP contribution in [-0.4, -0.2) is 107 Å². The Morgan fingerprint density at radius 3 is 1.15 bits per heavy atom. The molecule has 4 aliphatic carbocycles. The van der Waals surface area contributed by atoms with E-state index in [1.807, 2.05) is 0 Å². The van der Waals surface area contributed by atoms with Crippen LogP contribution in [0.1, 0.15) is 246 Å². The van der Waals surface area contributed by atoms with E-state index in [1.165, 1.54) is 83.5 Å². The van der Waals surface area contributed by atoms with Gasteiger partial charge in [0.1, 0.15) is 31.8 Å². The lowest BCUT2D eigenvalue weighted by Gasteiger charge is -2.56. The molecule has 0 radical (unpaired) electrons. The van der Waals surface area contributed by atoms with Gasteiger partial charge in [0.2, 0.25) is 0 Å². The zero-order chi connectivity index (χ0) is 52.8. The molecule has 422 valence electrons. The number of carbonyl (C=O) groups excluding carboxylic acids is 6. The van der Waals surface area contributed by atoms with Crippen LogP contribution in [0.4, 0.5) is 4.79 Å². The van der Waals surface area contributed by atoms with E-state index in [2.05, 4.69) is 32.6 Å². The Balaban J connectivity index is 1.54. The molecule has 14 heteroatoms. The molecule has 0 aromatic carbocycles. The molecule has 0 aromatic rings. The third kappa shape index (κ3) is 29.5. The highest BCUT2D eigenvalue weighted by Gasteiger charge is 2.52. The molecule has 0 saturated heterocycles. The summed E-state index contributed by atoms with van der Waals surface area (Å²) < 4.78 is 39.7. The summed E-state index contributed by atoms with van der Waals surface area (Å²) in [6.07, 6.45) is 29.4. The number of carbonyl (C=O) groups is 6. The molecule has 0 amide bonds. The van der Waals surface area contributed by atoms with E-state index in [0.717, 1.165) is 90.3 Å². The molecule has 0 heterocycles. The molecule has 0 unspecified atom stereocenters. The van der Waals surface area contributed by atoms with Crippen molar-refractivity contribution >= 4 is 36.0 Å². The fourth-order valence-corrected chi connectivity index (χ4v) is 11.6. The molecule has 0 aliphatic heterocycles. The Bertz CT molecular complexity index is 1440. The van der Waals surface area contributed by atoms with E-state index < -0.39 is 23.5 Å². The average molecular weight is 1030 g/mol. The van der Waals surface area contributed by atoms with Crippen LogP contribution in [0.5, 0.6) is 0 Å². The Hall–Kier alpha value is -3.42. The Morgan fingerprint density at radius 1 is 0.397 bits per heavy atom. The van der Waals surface area contributed by atoms with Crippen molar-refractivity contribution in [2.24, 2.45) is 28.6 Å². The summed E-state index contributed by atoms with van der Waals surface area (Å²) in [4.78, 5) is 80.2. The maximum absolute atomic E-state index is 13.8. The van der Waals surface area contributed by atoms with Crippen molar-refractivity contribution in [1.29, 1.82) is 0 Å². The first-order valence-electron chi connectivity index (χ1n) is 29.7. The fraction of sp³-hybridized carbons (Fsp3) is 0.898. The molecule has 0 aromatic heterocycles. The number of rotatable bonds is 46. The van der Waals surface area contributed by atoms with Gasteiger partial charge in [0, 0.05) is 32.2 Å². The lowest BCUT2D eigenvalue weighted by Crippen LogP contribution is -2.47. The van der Waals surface area contributed by atoms with E-state index >= 15 is 0 Å². The first kappa shape index (κ1) is 63.9. The maximum Gasteiger partial charge on any atom is 0.508 e. The quantitative estimate of drug-likeness (QED) is 0.0320. The predicted molar refractivity (Wildman–Crippen MR) is 284 cm³/mol. The fourth-order valence-electron chi connectivity index (χ4n) is 11.6. The minimum Gasteiger partial charge on any atom is -0.466 e. The number of esters is 5. The van der Waals surface area contributed by atoms with Crippen molar-refractivity contribution in [3.8, 4) is 0 Å². The smallest absolute Gasteiger partial charge is 0.466 e. The van der Waals surface area contributed by atoms with Gasteiger partial charge in [-0.15, -0.1) is 0 Å². The summed E-state index contributed by atoms with van der Waals surface area (Å²) in [7, 11) is 0. The van der Waals surface area contributed by atoms with Gasteiger partial charge >= 0.3 is 36.0 Å². The second kappa shape index (κ2) is 39.0. The highest BCUT2D eigenvalue weighted by atomic mass is 16.7. The molecule has 0 atom stereocenters. The lowest BCUT2D eigenvalue weighted by molar-refractivity contribution is -0.169. The van der Waals surface area contributed by atoms with Crippen LogP contribution in [0.3, 0.4) is 0 Å². The van der Waals surface area contributed by atoms with Crippen molar-refractivity contribution < 1.29 is 61.9 Å². The summed E-state index contributed by atoms with van der Waals surface area (Å²) in [5, 5.41) is 0. The standard InChI is InChI=1S/C59H103NO13/c1-5-9-11-13-15-21-27-35-67-52(61)30-23-17-19-25-32-54(63)70-45-59(48-73-57(66)69-37-29-34-60(7-3)8-4,47-72-56(65)44-58-41-49-38-50(42-58)40-51(39-49)43-58)46-71-55(64)33-26-20-18-24-31-53(62)68-36-28-22-16-14-12-10-6-2/h49-51H,5-48H2,1-4H3. The molecule has 4 fully saturated rings. The maximum atomic E-state index is 13.8. The van der Waals surface area contributed by atoms with Crippen molar-refractivity contribution in [3.63, 3.8) is 0 Å². The number of nitrogens with zero attached hydrogens (tertiary/aromatic N) is 1. The molecular formula is C59H103NO13. The molecule has 4 saturated carbocycles. The zero-order valence-corrected chi connectivity index (χ0v) is 46.6. The Kier molecular flexibility index (Phi) is 34.1. The van der Waals surface area contributed by atoms with Crippen LogP contribution in [0.25, 0.3) is 0 Å². The van der Waals surface area contributed by atoms with Gasteiger partial charge < -0.3 is 38.1 Å². The molecule has 4 aliphatic rings. The number of ether oxygens (including phenoxy) is 7. The monoisotopic (exact) mass is 1030 g/mol. The molecule has 4 rings (SSSR count). The molecule has 73 heavy (non-hydrogen) atoms.